The second kappa shape index (κ2) is 5.90. The van der Waals surface area contributed by atoms with Crippen LogP contribution in [0.5, 0.6) is 0 Å². The number of amidine groups is 1. The molecular formula is C11H17N3O. The lowest BCUT2D eigenvalue weighted by atomic mass is 10.1. The Morgan fingerprint density at radius 1 is 1.47 bits per heavy atom. The Kier molecular flexibility index (Phi) is 4.47. The predicted molar refractivity (Wildman–Crippen MR) is 62.2 cm³/mol. The zero-order valence-electron chi connectivity index (χ0n) is 8.85. The molecule has 0 spiro atoms. The van der Waals surface area contributed by atoms with Crippen LogP contribution in [-0.4, -0.2) is 17.1 Å². The van der Waals surface area contributed by atoms with Crippen molar-refractivity contribution in [3.05, 3.63) is 30.3 Å². The van der Waals surface area contributed by atoms with E-state index in [0.29, 0.717) is 6.42 Å². The summed E-state index contributed by atoms with van der Waals surface area (Å²) >= 11 is 0. The Hall–Kier alpha value is -1.71. The van der Waals surface area contributed by atoms with Crippen LogP contribution >= 0.6 is 0 Å². The Morgan fingerprint density at radius 3 is 2.67 bits per heavy atom. The van der Waals surface area contributed by atoms with E-state index >= 15 is 0 Å². The average Bonchev–Trinajstić information content (AvgIpc) is 2.29. The van der Waals surface area contributed by atoms with E-state index in [9.17, 15) is 0 Å². The van der Waals surface area contributed by atoms with Gasteiger partial charge in [0.2, 0.25) is 0 Å². The summed E-state index contributed by atoms with van der Waals surface area (Å²) in [6.07, 6.45) is 1.47. The number of nitrogens with zero attached hydrogens (tertiary/aromatic N) is 1. The number of nitrogens with one attached hydrogen (secondary N) is 1. The van der Waals surface area contributed by atoms with E-state index in [1.54, 1.807) is 0 Å². The molecule has 0 aliphatic heterocycles. The second-order valence-corrected chi connectivity index (χ2v) is 3.41. The number of rotatable bonds is 5. The van der Waals surface area contributed by atoms with Gasteiger partial charge in [0.15, 0.2) is 0 Å². The predicted octanol–water partition coefficient (Wildman–Crippen LogP) is 2.01. The topological polar surface area (TPSA) is 70.6 Å². The molecule has 4 heteroatoms. The van der Waals surface area contributed by atoms with Gasteiger partial charge in [-0.2, -0.15) is 0 Å². The molecule has 4 nitrogen and oxygen atoms in total. The van der Waals surface area contributed by atoms with E-state index in [1.165, 1.54) is 0 Å². The van der Waals surface area contributed by atoms with Gasteiger partial charge in [0.05, 0.1) is 0 Å². The summed E-state index contributed by atoms with van der Waals surface area (Å²) in [6.45, 7) is 2.06. The fourth-order valence-corrected chi connectivity index (χ4v) is 1.36. The molecule has 0 aliphatic carbocycles. The summed E-state index contributed by atoms with van der Waals surface area (Å²) in [5.41, 5.74) is 6.51. The highest BCUT2D eigenvalue weighted by molar-refractivity contribution is 5.80. The number of hydrogen-bond acceptors (Lipinski definition) is 3. The van der Waals surface area contributed by atoms with Crippen molar-refractivity contribution in [2.45, 2.75) is 25.8 Å². The number of oxime groups is 1. The highest BCUT2D eigenvalue weighted by atomic mass is 16.4. The van der Waals surface area contributed by atoms with Crippen molar-refractivity contribution < 1.29 is 5.21 Å². The van der Waals surface area contributed by atoms with Crippen LogP contribution in [0.4, 0.5) is 5.69 Å². The fourth-order valence-electron chi connectivity index (χ4n) is 1.36. The van der Waals surface area contributed by atoms with Gasteiger partial charge in [-0.3, -0.25) is 0 Å². The van der Waals surface area contributed by atoms with Gasteiger partial charge in [0, 0.05) is 18.2 Å². The molecule has 1 unspecified atom stereocenters. The zero-order chi connectivity index (χ0) is 11.1. The van der Waals surface area contributed by atoms with Crippen LogP contribution in [0.2, 0.25) is 0 Å². The van der Waals surface area contributed by atoms with Crippen LogP contribution < -0.4 is 11.1 Å². The molecule has 1 rings (SSSR count). The highest BCUT2D eigenvalue weighted by Gasteiger charge is 2.08. The molecule has 0 aromatic heterocycles. The smallest absolute Gasteiger partial charge is 0.141 e. The van der Waals surface area contributed by atoms with Gasteiger partial charge in [-0.15, -0.1) is 0 Å². The first-order valence-corrected chi connectivity index (χ1v) is 5.04. The number of anilines is 1. The van der Waals surface area contributed by atoms with Crippen LogP contribution in [0.15, 0.2) is 35.5 Å². The minimum absolute atomic E-state index is 0.197. The standard InChI is InChI=1S/C11H17N3O/c1-2-9(8-11(12)14-15)13-10-6-4-3-5-7-10/h3-7,9,13,15H,2,8H2,1H3,(H2,12,14). The maximum absolute atomic E-state index is 8.48. The molecule has 0 radical (unpaired) electrons. The lowest BCUT2D eigenvalue weighted by Crippen LogP contribution is -2.26. The van der Waals surface area contributed by atoms with Gasteiger partial charge in [0.1, 0.15) is 5.84 Å². The van der Waals surface area contributed by atoms with Crippen molar-refractivity contribution in [1.82, 2.24) is 0 Å². The quantitative estimate of drug-likeness (QED) is 0.299. The number of hydrogen-bond donors (Lipinski definition) is 3. The van der Waals surface area contributed by atoms with Crippen molar-refractivity contribution >= 4 is 11.5 Å². The van der Waals surface area contributed by atoms with Crippen molar-refractivity contribution in [2.75, 3.05) is 5.32 Å². The molecule has 1 aromatic carbocycles. The van der Waals surface area contributed by atoms with Crippen molar-refractivity contribution in [3.8, 4) is 0 Å². The fraction of sp³-hybridized carbons (Fsp3) is 0.364. The van der Waals surface area contributed by atoms with Gasteiger partial charge in [0.25, 0.3) is 0 Å². The molecule has 82 valence electrons. The first-order chi connectivity index (χ1) is 7.26. The second-order valence-electron chi connectivity index (χ2n) is 3.41. The number of para-hydroxylation sites is 1. The Morgan fingerprint density at radius 2 is 2.13 bits per heavy atom. The molecule has 1 atom stereocenters. The lowest BCUT2D eigenvalue weighted by Gasteiger charge is -2.17. The highest BCUT2D eigenvalue weighted by Crippen LogP contribution is 2.10. The maximum atomic E-state index is 8.48. The third kappa shape index (κ3) is 3.89. The lowest BCUT2D eigenvalue weighted by molar-refractivity contribution is 0.316. The van der Waals surface area contributed by atoms with E-state index in [-0.39, 0.29) is 11.9 Å². The SMILES string of the molecule is CCC(CC(N)=NO)Nc1ccccc1. The Labute approximate surface area is 89.8 Å². The third-order valence-corrected chi connectivity index (χ3v) is 2.22. The van der Waals surface area contributed by atoms with E-state index in [1.807, 2.05) is 30.3 Å². The van der Waals surface area contributed by atoms with Crippen LogP contribution in [0, 0.1) is 0 Å². The van der Waals surface area contributed by atoms with Crippen LogP contribution in [0.1, 0.15) is 19.8 Å². The summed E-state index contributed by atoms with van der Waals surface area (Å²) < 4.78 is 0. The molecule has 0 bridgehead atoms. The van der Waals surface area contributed by atoms with Crippen molar-refractivity contribution in [2.24, 2.45) is 10.9 Å². The van der Waals surface area contributed by atoms with Crippen molar-refractivity contribution in [3.63, 3.8) is 0 Å². The zero-order valence-corrected chi connectivity index (χ0v) is 8.85. The summed E-state index contributed by atoms with van der Waals surface area (Å²) in [7, 11) is 0. The largest absolute Gasteiger partial charge is 0.409 e. The molecule has 0 saturated carbocycles. The Bertz CT molecular complexity index is 311. The maximum Gasteiger partial charge on any atom is 0.141 e. The summed E-state index contributed by atoms with van der Waals surface area (Å²) in [6, 6.07) is 10.1. The van der Waals surface area contributed by atoms with Gasteiger partial charge >= 0.3 is 0 Å². The van der Waals surface area contributed by atoms with Gasteiger partial charge in [-0.25, -0.2) is 0 Å². The molecule has 15 heavy (non-hydrogen) atoms. The summed E-state index contributed by atoms with van der Waals surface area (Å²) in [5, 5.41) is 14.8. The summed E-state index contributed by atoms with van der Waals surface area (Å²) in [4.78, 5) is 0. The van der Waals surface area contributed by atoms with E-state index < -0.39 is 0 Å². The minimum atomic E-state index is 0.197. The normalized spacial score (nSPS) is 13.5. The molecule has 0 aliphatic rings. The molecular weight excluding hydrogens is 190 g/mol. The van der Waals surface area contributed by atoms with E-state index in [2.05, 4.69) is 17.4 Å². The van der Waals surface area contributed by atoms with Crippen molar-refractivity contribution in [1.29, 1.82) is 0 Å². The minimum Gasteiger partial charge on any atom is -0.409 e. The molecule has 0 amide bonds. The van der Waals surface area contributed by atoms with Crippen LogP contribution in [-0.2, 0) is 0 Å². The van der Waals surface area contributed by atoms with Crippen LogP contribution in [0.3, 0.4) is 0 Å². The van der Waals surface area contributed by atoms with E-state index in [0.717, 1.165) is 12.1 Å². The van der Waals surface area contributed by atoms with E-state index in [4.69, 9.17) is 10.9 Å². The number of nitrogens with two attached hydrogens (primary N) is 1. The first kappa shape index (κ1) is 11.4. The van der Waals surface area contributed by atoms with Gasteiger partial charge in [-0.05, 0) is 18.6 Å². The average molecular weight is 207 g/mol. The number of benzene rings is 1. The molecule has 0 heterocycles. The molecule has 4 N–H and O–H groups in total. The third-order valence-electron chi connectivity index (χ3n) is 2.22. The first-order valence-electron chi connectivity index (χ1n) is 5.04. The van der Waals surface area contributed by atoms with Gasteiger partial charge < -0.3 is 16.3 Å². The van der Waals surface area contributed by atoms with Crippen LogP contribution in [0.25, 0.3) is 0 Å². The molecule has 1 aromatic rings. The monoisotopic (exact) mass is 207 g/mol. The molecule has 0 fully saturated rings. The van der Waals surface area contributed by atoms with Gasteiger partial charge in [-0.1, -0.05) is 30.3 Å². The Balaban J connectivity index is 2.54. The molecule has 0 saturated heterocycles. The summed E-state index contributed by atoms with van der Waals surface area (Å²) in [5.74, 6) is 0.255.